The number of aliphatic carboxylic acids is 1. The molecule has 0 fully saturated rings. The Morgan fingerprint density at radius 1 is 1.30 bits per heavy atom. The molecule has 2 aliphatic rings. The van der Waals surface area contributed by atoms with E-state index in [0.29, 0.717) is 6.54 Å². The summed E-state index contributed by atoms with van der Waals surface area (Å²) in [5.41, 5.74) is 4.07. The zero-order chi connectivity index (χ0) is 14.8. The van der Waals surface area contributed by atoms with Gasteiger partial charge in [-0.25, -0.2) is 4.99 Å². The zero-order valence-corrected chi connectivity index (χ0v) is 12.6. The van der Waals surface area contributed by atoms with Crippen LogP contribution in [0.4, 0.5) is 0 Å². The highest BCUT2D eigenvalue weighted by molar-refractivity contribution is 5.90. The van der Waals surface area contributed by atoms with Crippen molar-refractivity contribution in [2.75, 3.05) is 6.54 Å². The van der Waals surface area contributed by atoms with E-state index in [0.717, 1.165) is 19.3 Å². The highest BCUT2D eigenvalue weighted by Crippen LogP contribution is 2.37. The molecule has 0 saturated heterocycles. The van der Waals surface area contributed by atoms with E-state index in [-0.39, 0.29) is 11.3 Å². The molecule has 3 nitrogen and oxygen atoms in total. The van der Waals surface area contributed by atoms with Crippen LogP contribution in [-0.2, 0) is 17.6 Å². The van der Waals surface area contributed by atoms with E-state index in [1.807, 2.05) is 13.8 Å². The van der Waals surface area contributed by atoms with Crippen molar-refractivity contribution < 1.29 is 14.9 Å². The summed E-state index contributed by atoms with van der Waals surface area (Å²) in [6.07, 6.45) is 2.65. The predicted molar refractivity (Wildman–Crippen MR) is 79.9 cm³/mol. The lowest BCUT2D eigenvalue weighted by atomic mass is 9.65. The van der Waals surface area contributed by atoms with Gasteiger partial charge in [0.15, 0.2) is 12.3 Å². The number of carbonyl (C=O) groups is 1. The van der Waals surface area contributed by atoms with Crippen LogP contribution >= 0.6 is 0 Å². The van der Waals surface area contributed by atoms with Gasteiger partial charge in [0.05, 0.1) is 11.8 Å². The van der Waals surface area contributed by atoms with E-state index in [1.165, 1.54) is 16.8 Å². The van der Waals surface area contributed by atoms with Crippen LogP contribution in [-0.4, -0.2) is 23.3 Å². The summed E-state index contributed by atoms with van der Waals surface area (Å²) < 4.78 is 0. The normalized spacial score (nSPS) is 27.4. The molecule has 1 aliphatic carbocycles. The lowest BCUT2D eigenvalue weighted by molar-refractivity contribution is -0.478. The van der Waals surface area contributed by atoms with Crippen LogP contribution in [0.3, 0.4) is 0 Å². The van der Waals surface area contributed by atoms with Crippen molar-refractivity contribution >= 4 is 11.7 Å². The second-order valence-corrected chi connectivity index (χ2v) is 5.78. The maximum absolute atomic E-state index is 11.2. The Morgan fingerprint density at radius 3 is 2.60 bits per heavy atom. The first-order valence-electron chi connectivity index (χ1n) is 7.48. The topological polar surface area (TPSA) is 51.3 Å². The van der Waals surface area contributed by atoms with Gasteiger partial charge in [-0.05, 0) is 30.9 Å². The maximum atomic E-state index is 11.2. The molecule has 0 radical (unpaired) electrons. The summed E-state index contributed by atoms with van der Waals surface area (Å²) >= 11 is 0. The Bertz CT molecular complexity index is 536. The Hall–Kier alpha value is -1.64. The number of hydrogen-bond acceptors (Lipinski definition) is 1. The summed E-state index contributed by atoms with van der Waals surface area (Å²) in [6.45, 7) is 6.77. The number of carboxylic acids is 1. The quantitative estimate of drug-likeness (QED) is 0.814. The fourth-order valence-corrected chi connectivity index (χ4v) is 3.34. The average molecular weight is 274 g/mol. The second kappa shape index (κ2) is 5.78. The monoisotopic (exact) mass is 274 g/mol. The standard InChI is InChI=1S/C15H17NO2.C2H6/c1-15-7-11-5-3-2-4-10(11)6-13(15)16-9-12(8-15)14(17)18;1-2/h2-5,12H,6-9H2,1H3,(H,17,18);1-2H3/p+1/t12-,15?;/m1./s1. The largest absolute Gasteiger partial charge is 0.481 e. The third-order valence-corrected chi connectivity index (χ3v) is 4.40. The number of benzene rings is 1. The average Bonchev–Trinajstić information content (AvgIpc) is 2.45. The molecule has 0 amide bonds. The molecule has 1 heterocycles. The van der Waals surface area contributed by atoms with E-state index >= 15 is 0 Å². The minimum absolute atomic E-state index is 0.00431. The van der Waals surface area contributed by atoms with Gasteiger partial charge >= 0.3 is 5.97 Å². The molecule has 1 aromatic rings. The molecule has 0 aromatic heterocycles. The molecule has 0 saturated carbocycles. The van der Waals surface area contributed by atoms with Crippen molar-refractivity contribution in [3.63, 3.8) is 0 Å². The van der Waals surface area contributed by atoms with Crippen LogP contribution < -0.4 is 4.99 Å². The van der Waals surface area contributed by atoms with Gasteiger partial charge in [-0.2, -0.15) is 0 Å². The van der Waals surface area contributed by atoms with Crippen LogP contribution in [0.5, 0.6) is 0 Å². The van der Waals surface area contributed by atoms with Crippen LogP contribution in [0.15, 0.2) is 24.3 Å². The third-order valence-electron chi connectivity index (χ3n) is 4.40. The highest BCUT2D eigenvalue weighted by Gasteiger charge is 2.46. The molecule has 1 unspecified atom stereocenters. The molecule has 20 heavy (non-hydrogen) atoms. The van der Waals surface area contributed by atoms with Crippen LogP contribution in [0.1, 0.15) is 38.3 Å². The molecule has 3 rings (SSSR count). The number of hydrogen-bond donors (Lipinski definition) is 2. The summed E-state index contributed by atoms with van der Waals surface area (Å²) in [6, 6.07) is 8.48. The first-order valence-corrected chi connectivity index (χ1v) is 7.48. The Kier molecular flexibility index (Phi) is 4.26. The van der Waals surface area contributed by atoms with Crippen LogP contribution in [0, 0.1) is 11.3 Å². The molecule has 1 aliphatic heterocycles. The van der Waals surface area contributed by atoms with Gasteiger partial charge in [-0.1, -0.05) is 38.1 Å². The maximum Gasteiger partial charge on any atom is 0.312 e. The molecule has 2 N–H and O–H groups in total. The van der Waals surface area contributed by atoms with E-state index < -0.39 is 5.97 Å². The zero-order valence-electron chi connectivity index (χ0n) is 12.6. The van der Waals surface area contributed by atoms with Gasteiger partial charge in [0, 0.05) is 0 Å². The Labute approximate surface area is 120 Å². The molecule has 1 aromatic carbocycles. The Balaban J connectivity index is 0.000000704. The number of nitrogens with one attached hydrogen (secondary N) is 1. The fourth-order valence-electron chi connectivity index (χ4n) is 3.34. The molecule has 0 spiro atoms. The van der Waals surface area contributed by atoms with Crippen molar-refractivity contribution in [3.8, 4) is 0 Å². The first kappa shape index (κ1) is 14.8. The summed E-state index contributed by atoms with van der Waals surface area (Å²) in [5, 5.41) is 9.19. The van der Waals surface area contributed by atoms with Crippen molar-refractivity contribution in [3.05, 3.63) is 35.4 Å². The number of rotatable bonds is 1. The van der Waals surface area contributed by atoms with Crippen molar-refractivity contribution in [2.24, 2.45) is 11.3 Å². The number of fused-ring (bicyclic) bond motifs is 2. The van der Waals surface area contributed by atoms with Crippen LogP contribution in [0.25, 0.3) is 0 Å². The Morgan fingerprint density at radius 2 is 1.95 bits per heavy atom. The molecular weight excluding hydrogens is 250 g/mol. The van der Waals surface area contributed by atoms with Crippen molar-refractivity contribution in [1.82, 2.24) is 0 Å². The van der Waals surface area contributed by atoms with E-state index in [4.69, 9.17) is 0 Å². The molecule has 108 valence electrons. The molecule has 3 heteroatoms. The lowest BCUT2D eigenvalue weighted by Crippen LogP contribution is -2.82. The molecular formula is C17H24NO2+. The van der Waals surface area contributed by atoms with Gasteiger partial charge in [0.2, 0.25) is 0 Å². The molecule has 0 bridgehead atoms. The lowest BCUT2D eigenvalue weighted by Gasteiger charge is -2.36. The van der Waals surface area contributed by atoms with E-state index in [2.05, 4.69) is 36.2 Å². The van der Waals surface area contributed by atoms with Gasteiger partial charge in [-0.3, -0.25) is 4.79 Å². The van der Waals surface area contributed by atoms with Gasteiger partial charge in [0.1, 0.15) is 5.92 Å². The SMILES string of the molecule is CC.CC12Cc3ccccc3CC1=[NH+]C[C@H](C(=O)O)C2. The third kappa shape index (κ3) is 2.62. The first-order chi connectivity index (χ1) is 9.58. The summed E-state index contributed by atoms with van der Waals surface area (Å²) in [5.74, 6) is -0.939. The van der Waals surface area contributed by atoms with E-state index in [1.54, 1.807) is 0 Å². The minimum atomic E-state index is -0.679. The highest BCUT2D eigenvalue weighted by atomic mass is 16.4. The van der Waals surface area contributed by atoms with E-state index in [9.17, 15) is 9.90 Å². The van der Waals surface area contributed by atoms with Crippen LogP contribution in [0.2, 0.25) is 0 Å². The minimum Gasteiger partial charge on any atom is -0.481 e. The van der Waals surface area contributed by atoms with Gasteiger partial charge < -0.3 is 5.11 Å². The second-order valence-electron chi connectivity index (χ2n) is 5.78. The predicted octanol–water partition coefficient (Wildman–Crippen LogP) is 1.44. The van der Waals surface area contributed by atoms with Crippen molar-refractivity contribution in [2.45, 2.75) is 40.0 Å². The summed E-state index contributed by atoms with van der Waals surface area (Å²) in [4.78, 5) is 14.5. The van der Waals surface area contributed by atoms with Crippen molar-refractivity contribution in [1.29, 1.82) is 0 Å². The van der Waals surface area contributed by atoms with Gasteiger partial charge in [-0.15, -0.1) is 0 Å². The van der Waals surface area contributed by atoms with Gasteiger partial charge in [0.25, 0.3) is 0 Å². The molecule has 2 atom stereocenters. The summed E-state index contributed by atoms with van der Waals surface area (Å²) in [7, 11) is 0. The number of carboxylic acid groups (broad SMARTS) is 1. The fraction of sp³-hybridized carbons (Fsp3) is 0.529. The smallest absolute Gasteiger partial charge is 0.312 e.